The Bertz CT molecular complexity index is 682. The van der Waals surface area contributed by atoms with Gasteiger partial charge in [0.25, 0.3) is 0 Å². The van der Waals surface area contributed by atoms with E-state index in [1.165, 1.54) is 11.4 Å². The topological polar surface area (TPSA) is 84.9 Å². The van der Waals surface area contributed by atoms with Gasteiger partial charge in [-0.1, -0.05) is 0 Å². The van der Waals surface area contributed by atoms with Crippen molar-refractivity contribution in [2.45, 2.75) is 19.8 Å². The van der Waals surface area contributed by atoms with E-state index < -0.39 is 10.0 Å². The highest BCUT2D eigenvalue weighted by Crippen LogP contribution is 2.30. The maximum atomic E-state index is 12.5. The summed E-state index contributed by atoms with van der Waals surface area (Å²) < 4.78 is 35.6. The van der Waals surface area contributed by atoms with Crippen molar-refractivity contribution in [3.8, 4) is 11.5 Å². The number of methoxy groups -OCH3 is 2. The summed E-state index contributed by atoms with van der Waals surface area (Å²) in [7, 11) is -0.0977. The average Bonchev–Trinajstić information content (AvgIpc) is 2.61. The molecule has 1 N–H and O–H groups in total. The van der Waals surface area contributed by atoms with E-state index >= 15 is 0 Å². The van der Waals surface area contributed by atoms with Crippen LogP contribution in [0.2, 0.25) is 0 Å². The van der Waals surface area contributed by atoms with Gasteiger partial charge in [0.05, 0.1) is 25.7 Å². The lowest BCUT2D eigenvalue weighted by atomic mass is 9.97. The summed E-state index contributed by atoms with van der Waals surface area (Å²) in [6.45, 7) is 2.39. The Balaban J connectivity index is 2.02. The van der Waals surface area contributed by atoms with Crippen molar-refractivity contribution < 1.29 is 22.7 Å². The molecule has 7 nitrogen and oxygen atoms in total. The number of amides is 1. The van der Waals surface area contributed by atoms with Gasteiger partial charge in [0.2, 0.25) is 15.9 Å². The van der Waals surface area contributed by atoms with Crippen LogP contribution in [0.25, 0.3) is 0 Å². The van der Waals surface area contributed by atoms with Crippen LogP contribution in [0, 0.1) is 5.92 Å². The first-order valence-corrected chi connectivity index (χ1v) is 9.53. The number of benzene rings is 1. The molecule has 1 aliphatic heterocycles. The van der Waals surface area contributed by atoms with E-state index in [1.807, 2.05) is 0 Å². The van der Waals surface area contributed by atoms with Gasteiger partial charge in [-0.15, -0.1) is 0 Å². The minimum atomic E-state index is -3.18. The van der Waals surface area contributed by atoms with Gasteiger partial charge in [0, 0.05) is 25.1 Å². The van der Waals surface area contributed by atoms with Gasteiger partial charge >= 0.3 is 0 Å². The largest absolute Gasteiger partial charge is 0.497 e. The summed E-state index contributed by atoms with van der Waals surface area (Å²) in [4.78, 5) is 12.5. The number of sulfonamides is 1. The third-order valence-corrected chi connectivity index (χ3v) is 6.13. The van der Waals surface area contributed by atoms with E-state index in [-0.39, 0.29) is 17.6 Å². The number of piperidine rings is 1. The Morgan fingerprint density at radius 3 is 2.46 bits per heavy atom. The summed E-state index contributed by atoms with van der Waals surface area (Å²) in [6, 6.07) is 5.18. The predicted molar refractivity (Wildman–Crippen MR) is 91.9 cm³/mol. The number of nitrogens with one attached hydrogen (secondary N) is 1. The Morgan fingerprint density at radius 2 is 1.92 bits per heavy atom. The fourth-order valence-corrected chi connectivity index (χ4v) is 3.86. The monoisotopic (exact) mass is 356 g/mol. The van der Waals surface area contributed by atoms with E-state index in [2.05, 4.69) is 5.32 Å². The maximum absolute atomic E-state index is 12.5. The molecule has 0 saturated carbocycles. The molecule has 0 aliphatic carbocycles. The molecule has 0 atom stereocenters. The lowest BCUT2D eigenvalue weighted by Gasteiger charge is -2.30. The molecule has 8 heteroatoms. The molecule has 1 saturated heterocycles. The predicted octanol–water partition coefficient (Wildman–Crippen LogP) is 1.70. The standard InChI is InChI=1S/C16H24N2O5S/c1-4-24(20,21)18-9-7-12(8-10-18)16(19)17-14-11-13(22-2)5-6-15(14)23-3/h5-6,11-12H,4,7-10H2,1-3H3,(H,17,19). The Kier molecular flexibility index (Phi) is 6.06. The zero-order valence-corrected chi connectivity index (χ0v) is 15.1. The van der Waals surface area contributed by atoms with Gasteiger partial charge < -0.3 is 14.8 Å². The van der Waals surface area contributed by atoms with Crippen LogP contribution in [0.3, 0.4) is 0 Å². The number of rotatable bonds is 6. The third kappa shape index (κ3) is 4.18. The van der Waals surface area contributed by atoms with Gasteiger partial charge in [0.1, 0.15) is 11.5 Å². The second-order valence-electron chi connectivity index (χ2n) is 5.63. The minimum absolute atomic E-state index is 0.0882. The summed E-state index contributed by atoms with van der Waals surface area (Å²) in [5, 5.41) is 2.86. The van der Waals surface area contributed by atoms with Gasteiger partial charge in [0.15, 0.2) is 0 Å². The molecular formula is C16H24N2O5S. The van der Waals surface area contributed by atoms with Crippen LogP contribution in [-0.2, 0) is 14.8 Å². The molecule has 1 amide bonds. The van der Waals surface area contributed by atoms with Crippen molar-refractivity contribution in [3.05, 3.63) is 18.2 Å². The highest BCUT2D eigenvalue weighted by Gasteiger charge is 2.30. The first kappa shape index (κ1) is 18.5. The Morgan fingerprint density at radius 1 is 1.25 bits per heavy atom. The van der Waals surface area contributed by atoms with Crippen molar-refractivity contribution in [2.24, 2.45) is 5.92 Å². The Hall–Kier alpha value is -1.80. The second-order valence-corrected chi connectivity index (χ2v) is 7.89. The number of carbonyl (C=O) groups is 1. The molecule has 134 valence electrons. The highest BCUT2D eigenvalue weighted by molar-refractivity contribution is 7.89. The summed E-state index contributed by atoms with van der Waals surface area (Å²) in [5.74, 6) is 0.912. The minimum Gasteiger partial charge on any atom is -0.497 e. The van der Waals surface area contributed by atoms with E-state index in [9.17, 15) is 13.2 Å². The normalized spacial score (nSPS) is 16.6. The van der Waals surface area contributed by atoms with E-state index in [4.69, 9.17) is 9.47 Å². The lowest BCUT2D eigenvalue weighted by molar-refractivity contribution is -0.120. The van der Waals surface area contributed by atoms with Gasteiger partial charge in [-0.05, 0) is 31.9 Å². The van der Waals surface area contributed by atoms with Crippen molar-refractivity contribution in [1.29, 1.82) is 0 Å². The zero-order valence-electron chi connectivity index (χ0n) is 14.2. The van der Waals surface area contributed by atoms with Crippen LogP contribution in [0.5, 0.6) is 11.5 Å². The van der Waals surface area contributed by atoms with Crippen molar-refractivity contribution >= 4 is 21.6 Å². The first-order chi connectivity index (χ1) is 11.4. The summed E-state index contributed by atoms with van der Waals surface area (Å²) in [5.41, 5.74) is 0.547. The number of ether oxygens (including phenoxy) is 2. The van der Waals surface area contributed by atoms with Crippen molar-refractivity contribution in [2.75, 3.05) is 38.4 Å². The van der Waals surface area contributed by atoms with E-state index in [0.717, 1.165) is 0 Å². The molecule has 2 rings (SSSR count). The average molecular weight is 356 g/mol. The van der Waals surface area contributed by atoms with Gasteiger partial charge in [-0.3, -0.25) is 4.79 Å². The number of hydrogen-bond acceptors (Lipinski definition) is 5. The molecule has 0 bridgehead atoms. The van der Waals surface area contributed by atoms with Crippen molar-refractivity contribution in [1.82, 2.24) is 4.31 Å². The van der Waals surface area contributed by atoms with Gasteiger partial charge in [-0.2, -0.15) is 0 Å². The lowest BCUT2D eigenvalue weighted by Crippen LogP contribution is -2.42. The fraction of sp³-hybridized carbons (Fsp3) is 0.562. The molecule has 1 aromatic rings. The highest BCUT2D eigenvalue weighted by atomic mass is 32.2. The van der Waals surface area contributed by atoms with Crippen LogP contribution in [0.15, 0.2) is 18.2 Å². The quantitative estimate of drug-likeness (QED) is 0.839. The van der Waals surface area contributed by atoms with E-state index in [1.54, 1.807) is 32.2 Å². The first-order valence-electron chi connectivity index (χ1n) is 7.92. The maximum Gasteiger partial charge on any atom is 0.227 e. The van der Waals surface area contributed by atoms with Crippen molar-refractivity contribution in [3.63, 3.8) is 0 Å². The number of carbonyl (C=O) groups excluding carboxylic acids is 1. The van der Waals surface area contributed by atoms with Crippen LogP contribution in [0.1, 0.15) is 19.8 Å². The van der Waals surface area contributed by atoms with Crippen LogP contribution >= 0.6 is 0 Å². The SMILES string of the molecule is CCS(=O)(=O)N1CCC(C(=O)Nc2cc(OC)ccc2OC)CC1. The molecule has 0 radical (unpaired) electrons. The second kappa shape index (κ2) is 7.85. The molecule has 0 unspecified atom stereocenters. The van der Waals surface area contributed by atoms with Crippen LogP contribution < -0.4 is 14.8 Å². The molecule has 1 heterocycles. The molecule has 1 fully saturated rings. The molecule has 1 aliphatic rings. The zero-order chi connectivity index (χ0) is 17.7. The van der Waals surface area contributed by atoms with Gasteiger partial charge in [-0.25, -0.2) is 12.7 Å². The molecule has 0 aromatic heterocycles. The fourth-order valence-electron chi connectivity index (χ4n) is 2.73. The third-order valence-electron chi connectivity index (χ3n) is 4.25. The Labute approximate surface area is 143 Å². The smallest absolute Gasteiger partial charge is 0.227 e. The number of anilines is 1. The molecular weight excluding hydrogens is 332 g/mol. The number of nitrogens with zero attached hydrogens (tertiary/aromatic N) is 1. The summed E-state index contributed by atoms with van der Waals surface area (Å²) in [6.07, 6.45) is 1.02. The molecule has 0 spiro atoms. The van der Waals surface area contributed by atoms with E-state index in [0.29, 0.717) is 43.1 Å². The summed E-state index contributed by atoms with van der Waals surface area (Å²) >= 11 is 0. The molecule has 1 aromatic carbocycles. The molecule has 24 heavy (non-hydrogen) atoms. The van der Waals surface area contributed by atoms with Crippen LogP contribution in [-0.4, -0.2) is 51.7 Å². The van der Waals surface area contributed by atoms with Crippen LogP contribution in [0.4, 0.5) is 5.69 Å². The number of hydrogen-bond donors (Lipinski definition) is 1.